The van der Waals surface area contributed by atoms with Crippen molar-refractivity contribution in [2.45, 2.75) is 38.1 Å². The molecule has 1 N–H and O–H groups in total. The molecule has 0 spiro atoms. The molecule has 1 aliphatic heterocycles. The third kappa shape index (κ3) is 3.69. The van der Waals surface area contributed by atoms with Crippen LogP contribution in [0, 0.1) is 17.7 Å². The number of rotatable bonds is 4. The Bertz CT molecular complexity index is 664. The van der Waals surface area contributed by atoms with Gasteiger partial charge in [0.15, 0.2) is 0 Å². The minimum Gasteiger partial charge on any atom is -0.368 e. The number of hydrogen-bond acceptors (Lipinski definition) is 3. The molecule has 5 nitrogen and oxygen atoms in total. The van der Waals surface area contributed by atoms with E-state index >= 15 is 0 Å². The molecule has 3 aliphatic rings. The van der Waals surface area contributed by atoms with E-state index in [4.69, 9.17) is 0 Å². The first kappa shape index (κ1) is 17.3. The Labute approximate surface area is 153 Å². The maximum Gasteiger partial charge on any atom is 0.226 e. The van der Waals surface area contributed by atoms with Gasteiger partial charge in [0.25, 0.3) is 0 Å². The molecular weight excluding hydrogens is 333 g/mol. The molecular formula is C20H26FN3O2. The highest BCUT2D eigenvalue weighted by molar-refractivity contribution is 5.92. The number of anilines is 1. The van der Waals surface area contributed by atoms with Crippen LogP contribution in [0.15, 0.2) is 24.3 Å². The van der Waals surface area contributed by atoms with Crippen molar-refractivity contribution in [1.29, 1.82) is 0 Å². The zero-order chi connectivity index (χ0) is 18.1. The fraction of sp³-hybridized carbons (Fsp3) is 0.600. The Morgan fingerprint density at radius 2 is 1.62 bits per heavy atom. The maximum atomic E-state index is 13.0. The van der Waals surface area contributed by atoms with Crippen molar-refractivity contribution in [3.63, 3.8) is 0 Å². The summed E-state index contributed by atoms with van der Waals surface area (Å²) in [6.45, 7) is 2.79. The molecule has 2 atom stereocenters. The monoisotopic (exact) mass is 359 g/mol. The lowest BCUT2D eigenvalue weighted by Gasteiger charge is -2.36. The van der Waals surface area contributed by atoms with Crippen LogP contribution in [0.2, 0.25) is 0 Å². The number of benzene rings is 1. The summed E-state index contributed by atoms with van der Waals surface area (Å²) in [4.78, 5) is 29.0. The molecule has 3 fully saturated rings. The summed E-state index contributed by atoms with van der Waals surface area (Å²) in [6, 6.07) is 6.79. The molecule has 0 bridgehead atoms. The first-order valence-electron chi connectivity index (χ1n) is 9.71. The van der Waals surface area contributed by atoms with Crippen molar-refractivity contribution in [3.05, 3.63) is 30.1 Å². The van der Waals surface area contributed by atoms with Gasteiger partial charge in [-0.25, -0.2) is 4.39 Å². The lowest BCUT2D eigenvalue weighted by atomic mass is 10.2. The molecule has 2 saturated carbocycles. The van der Waals surface area contributed by atoms with Crippen LogP contribution in [-0.2, 0) is 9.59 Å². The molecule has 4 rings (SSSR count). The number of piperazine rings is 1. The van der Waals surface area contributed by atoms with Crippen LogP contribution < -0.4 is 10.2 Å². The van der Waals surface area contributed by atoms with Crippen LogP contribution in [0.4, 0.5) is 10.1 Å². The normalized spacial score (nSPS) is 26.0. The molecule has 0 radical (unpaired) electrons. The fourth-order valence-electron chi connectivity index (χ4n) is 4.21. The number of carbonyl (C=O) groups is 2. The number of carbonyl (C=O) groups excluding carboxylic acids is 2. The SMILES string of the molecule is O=C(NC1CCCC1)C1CC1C(=O)N1CCN(c2ccc(F)cc2)CC1. The van der Waals surface area contributed by atoms with Gasteiger partial charge in [-0.15, -0.1) is 0 Å². The molecule has 1 heterocycles. The lowest BCUT2D eigenvalue weighted by molar-refractivity contribution is -0.135. The van der Waals surface area contributed by atoms with E-state index in [1.807, 2.05) is 4.90 Å². The molecule has 6 heteroatoms. The molecule has 2 aliphatic carbocycles. The van der Waals surface area contributed by atoms with Crippen molar-refractivity contribution in [1.82, 2.24) is 10.2 Å². The van der Waals surface area contributed by atoms with E-state index in [-0.39, 0.29) is 29.5 Å². The average molecular weight is 359 g/mol. The third-order valence-electron chi connectivity index (χ3n) is 5.93. The van der Waals surface area contributed by atoms with Crippen LogP contribution in [0.3, 0.4) is 0 Å². The topological polar surface area (TPSA) is 52.7 Å². The van der Waals surface area contributed by atoms with Crippen LogP contribution in [0.1, 0.15) is 32.1 Å². The second kappa shape index (κ2) is 7.25. The van der Waals surface area contributed by atoms with Gasteiger partial charge in [0.05, 0.1) is 11.8 Å². The minimum absolute atomic E-state index is 0.0696. The summed E-state index contributed by atoms with van der Waals surface area (Å²) in [6.07, 6.45) is 5.22. The van der Waals surface area contributed by atoms with Gasteiger partial charge in [-0.2, -0.15) is 0 Å². The summed E-state index contributed by atoms with van der Waals surface area (Å²) in [5.74, 6) is -0.305. The standard InChI is InChI=1S/C20H26FN3O2/c21-14-5-7-16(8-6-14)23-9-11-24(12-10-23)20(26)18-13-17(18)19(25)22-15-3-1-2-4-15/h5-8,15,17-18H,1-4,9-13H2,(H,22,25). The quantitative estimate of drug-likeness (QED) is 0.896. The highest BCUT2D eigenvalue weighted by atomic mass is 19.1. The van der Waals surface area contributed by atoms with Crippen LogP contribution >= 0.6 is 0 Å². The Morgan fingerprint density at radius 3 is 2.27 bits per heavy atom. The zero-order valence-corrected chi connectivity index (χ0v) is 15.0. The van der Waals surface area contributed by atoms with Gasteiger partial charge in [-0.05, 0) is 43.5 Å². The molecule has 1 saturated heterocycles. The number of amides is 2. The predicted octanol–water partition coefficient (Wildman–Crippen LogP) is 2.17. The van der Waals surface area contributed by atoms with E-state index in [1.54, 1.807) is 12.1 Å². The Balaban J connectivity index is 1.25. The van der Waals surface area contributed by atoms with E-state index in [1.165, 1.54) is 25.0 Å². The van der Waals surface area contributed by atoms with E-state index in [0.29, 0.717) is 25.6 Å². The summed E-state index contributed by atoms with van der Waals surface area (Å²) in [7, 11) is 0. The Hall–Kier alpha value is -2.11. The van der Waals surface area contributed by atoms with Crippen molar-refractivity contribution in [2.75, 3.05) is 31.1 Å². The number of nitrogens with zero attached hydrogens (tertiary/aromatic N) is 2. The van der Waals surface area contributed by atoms with Crippen molar-refractivity contribution >= 4 is 17.5 Å². The molecule has 1 aromatic rings. The number of nitrogens with one attached hydrogen (secondary N) is 1. The fourth-order valence-corrected chi connectivity index (χ4v) is 4.21. The van der Waals surface area contributed by atoms with Gasteiger partial charge in [-0.1, -0.05) is 12.8 Å². The van der Waals surface area contributed by atoms with Crippen LogP contribution in [0.5, 0.6) is 0 Å². The summed E-state index contributed by atoms with van der Waals surface area (Å²) >= 11 is 0. The third-order valence-corrected chi connectivity index (χ3v) is 5.93. The number of hydrogen-bond donors (Lipinski definition) is 1. The van der Waals surface area contributed by atoms with Crippen molar-refractivity contribution in [3.8, 4) is 0 Å². The largest absolute Gasteiger partial charge is 0.368 e. The average Bonchev–Trinajstić information content (AvgIpc) is 3.31. The van der Waals surface area contributed by atoms with E-state index in [9.17, 15) is 14.0 Å². The zero-order valence-electron chi connectivity index (χ0n) is 15.0. The van der Waals surface area contributed by atoms with Gasteiger partial charge < -0.3 is 15.1 Å². The molecule has 1 aromatic carbocycles. The van der Waals surface area contributed by atoms with Crippen molar-refractivity contribution in [2.24, 2.45) is 11.8 Å². The molecule has 26 heavy (non-hydrogen) atoms. The highest BCUT2D eigenvalue weighted by Gasteiger charge is 2.50. The van der Waals surface area contributed by atoms with Gasteiger partial charge in [0, 0.05) is 37.9 Å². The Kier molecular flexibility index (Phi) is 4.83. The Morgan fingerprint density at radius 1 is 0.962 bits per heavy atom. The van der Waals surface area contributed by atoms with E-state index in [2.05, 4.69) is 10.2 Å². The summed E-state index contributed by atoms with van der Waals surface area (Å²) in [5, 5.41) is 3.11. The smallest absolute Gasteiger partial charge is 0.226 e. The maximum absolute atomic E-state index is 13.0. The van der Waals surface area contributed by atoms with Crippen molar-refractivity contribution < 1.29 is 14.0 Å². The van der Waals surface area contributed by atoms with Gasteiger partial charge in [-0.3, -0.25) is 9.59 Å². The first-order valence-corrected chi connectivity index (χ1v) is 9.71. The van der Waals surface area contributed by atoms with Gasteiger partial charge in [0.2, 0.25) is 11.8 Å². The van der Waals surface area contributed by atoms with Gasteiger partial charge in [0.1, 0.15) is 5.82 Å². The molecule has 2 amide bonds. The molecule has 0 aromatic heterocycles. The second-order valence-corrected chi connectivity index (χ2v) is 7.73. The summed E-state index contributed by atoms with van der Waals surface area (Å²) in [5.41, 5.74) is 0.985. The van der Waals surface area contributed by atoms with E-state index < -0.39 is 0 Å². The van der Waals surface area contributed by atoms with Crippen LogP contribution in [-0.4, -0.2) is 48.9 Å². The van der Waals surface area contributed by atoms with Crippen LogP contribution in [0.25, 0.3) is 0 Å². The van der Waals surface area contributed by atoms with E-state index in [0.717, 1.165) is 31.6 Å². The first-order chi connectivity index (χ1) is 12.6. The molecule has 140 valence electrons. The summed E-state index contributed by atoms with van der Waals surface area (Å²) < 4.78 is 13.0. The molecule has 2 unspecified atom stereocenters. The highest BCUT2D eigenvalue weighted by Crippen LogP contribution is 2.40. The van der Waals surface area contributed by atoms with Gasteiger partial charge >= 0.3 is 0 Å². The minimum atomic E-state index is -0.238. The lowest BCUT2D eigenvalue weighted by Crippen LogP contribution is -2.49. The number of halogens is 1. The predicted molar refractivity (Wildman–Crippen MR) is 97.2 cm³/mol. The second-order valence-electron chi connectivity index (χ2n) is 7.73.